The van der Waals surface area contributed by atoms with E-state index < -0.39 is 62.9 Å². The molecule has 2 heterocycles. The molecule has 0 atom stereocenters. The van der Waals surface area contributed by atoms with Crippen molar-refractivity contribution in [3.63, 3.8) is 0 Å². The number of hydrogen-bond donors (Lipinski definition) is 2. The smallest absolute Gasteiger partial charge is 0.265 e. The molecule has 0 aliphatic heterocycles. The fourth-order valence-electron chi connectivity index (χ4n) is 3.05. The molecular formula is C20H30N2O10S4+2. The Bertz CT molecular complexity index is 1320. The highest BCUT2D eigenvalue weighted by atomic mass is 32.2. The number of rotatable bonds is 15. The first-order chi connectivity index (χ1) is 16.5. The van der Waals surface area contributed by atoms with Gasteiger partial charge >= 0.3 is 0 Å². The summed E-state index contributed by atoms with van der Waals surface area (Å²) in [5, 5.41) is 0. The summed E-state index contributed by atoms with van der Waals surface area (Å²) >= 11 is 0. The summed E-state index contributed by atoms with van der Waals surface area (Å²) in [5.74, 6) is -2.39. The summed E-state index contributed by atoms with van der Waals surface area (Å²) in [5.41, 5.74) is 1.31. The van der Waals surface area contributed by atoms with Crippen molar-refractivity contribution in [3.05, 3.63) is 60.2 Å². The van der Waals surface area contributed by atoms with Crippen molar-refractivity contribution in [2.75, 3.05) is 34.5 Å². The average Bonchev–Trinajstić information content (AvgIpc) is 2.78. The Morgan fingerprint density at radius 1 is 0.500 bits per heavy atom. The molecule has 0 radical (unpaired) electrons. The van der Waals surface area contributed by atoms with Gasteiger partial charge in [-0.2, -0.15) is 16.8 Å². The minimum atomic E-state index is -4.07. The van der Waals surface area contributed by atoms with Gasteiger partial charge in [0.25, 0.3) is 20.2 Å². The molecule has 0 bridgehead atoms. The number of nitrogens with zero attached hydrogens (tertiary/aromatic N) is 2. The highest BCUT2D eigenvalue weighted by molar-refractivity contribution is 7.95. The molecule has 0 amide bonds. The zero-order valence-corrected chi connectivity index (χ0v) is 22.6. The van der Waals surface area contributed by atoms with Gasteiger partial charge in [-0.3, -0.25) is 9.11 Å². The van der Waals surface area contributed by atoms with Gasteiger partial charge in [-0.25, -0.2) is 26.0 Å². The van der Waals surface area contributed by atoms with E-state index in [-0.39, 0.29) is 37.4 Å². The average molecular weight is 587 g/mol. The molecule has 0 spiro atoms. The Kier molecular flexibility index (Phi) is 10.5. The highest BCUT2D eigenvalue weighted by Crippen LogP contribution is 2.02. The lowest BCUT2D eigenvalue weighted by Crippen LogP contribution is -2.39. The third kappa shape index (κ3) is 12.8. The summed E-state index contributed by atoms with van der Waals surface area (Å²) in [6, 6.07) is 6.45. The van der Waals surface area contributed by atoms with Crippen LogP contribution >= 0.6 is 0 Å². The van der Waals surface area contributed by atoms with Gasteiger partial charge < -0.3 is 0 Å². The normalized spacial score (nSPS) is 13.1. The zero-order chi connectivity index (χ0) is 27.0. The van der Waals surface area contributed by atoms with E-state index in [1.165, 1.54) is 0 Å². The summed E-state index contributed by atoms with van der Waals surface area (Å²) in [4.78, 5) is 0. The van der Waals surface area contributed by atoms with E-state index in [1.807, 2.05) is 0 Å². The second kappa shape index (κ2) is 12.5. The van der Waals surface area contributed by atoms with Crippen LogP contribution in [0.2, 0.25) is 0 Å². The van der Waals surface area contributed by atoms with Crippen molar-refractivity contribution in [2.24, 2.45) is 0 Å². The summed E-state index contributed by atoms with van der Waals surface area (Å²) < 4.78 is 113. The highest BCUT2D eigenvalue weighted by Gasteiger charge is 2.21. The molecule has 0 unspecified atom stereocenters. The van der Waals surface area contributed by atoms with Crippen LogP contribution in [0.15, 0.2) is 49.1 Å². The lowest BCUT2D eigenvalue weighted by molar-refractivity contribution is -0.692. The van der Waals surface area contributed by atoms with E-state index in [4.69, 9.17) is 9.11 Å². The molecular weight excluding hydrogens is 556 g/mol. The molecule has 0 saturated heterocycles. The van der Waals surface area contributed by atoms with Gasteiger partial charge in [0, 0.05) is 24.3 Å². The maximum absolute atomic E-state index is 12.3. The van der Waals surface area contributed by atoms with Gasteiger partial charge in [0.2, 0.25) is 0 Å². The maximum atomic E-state index is 12.3. The van der Waals surface area contributed by atoms with Crippen molar-refractivity contribution in [1.82, 2.24) is 0 Å². The van der Waals surface area contributed by atoms with E-state index in [2.05, 4.69) is 0 Å². The van der Waals surface area contributed by atoms with Crippen LogP contribution in [0.3, 0.4) is 0 Å². The monoisotopic (exact) mass is 586 g/mol. The van der Waals surface area contributed by atoms with Crippen molar-refractivity contribution in [2.45, 2.75) is 25.9 Å². The number of aryl methyl sites for hydroxylation is 4. The Morgan fingerprint density at radius 3 is 1.08 bits per heavy atom. The first-order valence-corrected chi connectivity index (χ1v) is 17.7. The molecule has 0 aliphatic rings. The molecule has 202 valence electrons. The molecule has 16 heteroatoms. The fraction of sp³-hybridized carbons (Fsp3) is 0.500. The zero-order valence-electron chi connectivity index (χ0n) is 19.4. The summed E-state index contributed by atoms with van der Waals surface area (Å²) in [6.07, 6.45) is 6.56. The number of sulfone groups is 2. The molecule has 12 nitrogen and oxygen atoms in total. The maximum Gasteiger partial charge on any atom is 0.265 e. The van der Waals surface area contributed by atoms with Crippen molar-refractivity contribution in [1.29, 1.82) is 0 Å². The molecule has 0 aromatic carbocycles. The molecule has 2 rings (SSSR count). The van der Waals surface area contributed by atoms with Crippen molar-refractivity contribution < 1.29 is 51.9 Å². The van der Waals surface area contributed by atoms with E-state index in [0.29, 0.717) is 11.1 Å². The first-order valence-electron chi connectivity index (χ1n) is 10.8. The molecule has 0 fully saturated rings. The van der Waals surface area contributed by atoms with Crippen LogP contribution in [0.25, 0.3) is 0 Å². The number of aromatic nitrogens is 2. The van der Waals surface area contributed by atoms with Gasteiger partial charge in [0.1, 0.15) is 11.5 Å². The molecule has 2 N–H and O–H groups in total. The van der Waals surface area contributed by atoms with Gasteiger partial charge in [0.05, 0.1) is 23.0 Å². The van der Waals surface area contributed by atoms with E-state index >= 15 is 0 Å². The lowest BCUT2D eigenvalue weighted by atomic mass is 10.2. The number of pyridine rings is 2. The molecule has 0 saturated carbocycles. The SMILES string of the molecule is O=S(=O)(O)CCc1cc[n+](CCS(=O)(=O)CCS(=O)(=O)CC[n+]2ccc(CCS(=O)(=O)O)cc2)cc1. The predicted octanol–water partition coefficient (Wildman–Crippen LogP) is -1.35. The quantitative estimate of drug-likeness (QED) is 0.187. The van der Waals surface area contributed by atoms with Gasteiger partial charge in [-0.15, -0.1) is 0 Å². The minimum Gasteiger partial charge on any atom is -0.286 e. The van der Waals surface area contributed by atoms with E-state index in [9.17, 15) is 33.7 Å². The Morgan fingerprint density at radius 2 is 0.806 bits per heavy atom. The Hall–Kier alpha value is -1.98. The third-order valence-electron chi connectivity index (χ3n) is 5.24. The van der Waals surface area contributed by atoms with Crippen LogP contribution in [-0.2, 0) is 65.8 Å². The van der Waals surface area contributed by atoms with E-state index in [0.717, 1.165) is 0 Å². The second-order valence-corrected chi connectivity index (χ2v) is 16.0. The second-order valence-electron chi connectivity index (χ2n) is 8.26. The van der Waals surface area contributed by atoms with Crippen LogP contribution in [0.1, 0.15) is 11.1 Å². The molecule has 2 aromatic rings. The largest absolute Gasteiger partial charge is 0.286 e. The van der Waals surface area contributed by atoms with Gasteiger partial charge in [0.15, 0.2) is 57.6 Å². The summed E-state index contributed by atoms with van der Waals surface area (Å²) in [6.45, 7) is 0.196. The molecule has 36 heavy (non-hydrogen) atoms. The van der Waals surface area contributed by atoms with Crippen LogP contribution in [0.4, 0.5) is 0 Å². The van der Waals surface area contributed by atoms with Crippen LogP contribution in [0, 0.1) is 0 Å². The predicted molar refractivity (Wildman–Crippen MR) is 131 cm³/mol. The van der Waals surface area contributed by atoms with Gasteiger partial charge in [-0.05, 0) is 24.0 Å². The summed E-state index contributed by atoms with van der Waals surface area (Å²) in [7, 11) is -15.4. The Balaban J connectivity index is 1.79. The molecule has 0 aliphatic carbocycles. The minimum absolute atomic E-state index is 0.0980. The van der Waals surface area contributed by atoms with E-state index in [1.54, 1.807) is 58.2 Å². The lowest BCUT2D eigenvalue weighted by Gasteiger charge is -2.05. The third-order valence-corrected chi connectivity index (χ3v) is 10.2. The fourth-order valence-corrected chi connectivity index (χ4v) is 7.45. The van der Waals surface area contributed by atoms with Crippen LogP contribution < -0.4 is 9.13 Å². The standard InChI is InChI=1S/C20H28N2O10S4/c23-33(24,15-11-21-7-1-19(2-8-21)5-13-35(27,28)29)17-18-34(25,26)16-12-22-9-3-20(4-10-22)6-14-36(30,31)32/h1-4,7-10H,5-6,11-18H2/p+2. The van der Waals surface area contributed by atoms with Crippen LogP contribution in [0.5, 0.6) is 0 Å². The van der Waals surface area contributed by atoms with Crippen molar-refractivity contribution in [3.8, 4) is 0 Å². The Labute approximate surface area is 212 Å². The van der Waals surface area contributed by atoms with Gasteiger partial charge in [-0.1, -0.05) is 0 Å². The topological polar surface area (TPSA) is 185 Å². The number of hydrogen-bond acceptors (Lipinski definition) is 8. The van der Waals surface area contributed by atoms with Crippen molar-refractivity contribution >= 4 is 39.9 Å². The van der Waals surface area contributed by atoms with Crippen LogP contribution in [-0.4, -0.2) is 77.3 Å². The first kappa shape index (κ1) is 30.2. The molecule has 2 aromatic heterocycles.